The Morgan fingerprint density at radius 1 is 0.333 bits per heavy atom. The second-order valence-electron chi connectivity index (χ2n) is 22.1. The van der Waals surface area contributed by atoms with Gasteiger partial charge in [-0.15, -0.1) is 0 Å². The fourth-order valence-electron chi connectivity index (χ4n) is 10.7. The van der Waals surface area contributed by atoms with Gasteiger partial charge in [-0.25, -0.2) is 9.97 Å². The lowest BCUT2D eigenvalue weighted by Gasteiger charge is -2.19. The summed E-state index contributed by atoms with van der Waals surface area (Å²) in [5.41, 5.74) is 9.61. The number of aromatic amines is 2. The zero-order chi connectivity index (χ0) is 52.2. The van der Waals surface area contributed by atoms with Crippen molar-refractivity contribution in [1.82, 2.24) is 19.9 Å². The van der Waals surface area contributed by atoms with Crippen LogP contribution in [-0.4, -0.2) is 39.8 Å². The molecule has 2 aliphatic heterocycles. The highest BCUT2D eigenvalue weighted by molar-refractivity contribution is 5.94. The number of hydrogen-bond donors (Lipinski definition) is 2. The first-order valence-electron chi connectivity index (χ1n) is 31.3. The molecule has 0 saturated carbocycles. The molecular weight excluding hydrogens is 921 g/mol. The monoisotopic (exact) mass is 1020 g/mol. The first kappa shape index (κ1) is 59.5. The number of fused-ring (bicyclic) bond motifs is 8. The van der Waals surface area contributed by atoms with Crippen LogP contribution in [0.3, 0.4) is 0 Å². The van der Waals surface area contributed by atoms with Gasteiger partial charge in [0.1, 0.15) is 0 Å². The minimum absolute atomic E-state index is 0.649. The topological polar surface area (TPSA) is 85.1 Å². The van der Waals surface area contributed by atoms with Gasteiger partial charge in [0.05, 0.1) is 42.6 Å². The van der Waals surface area contributed by atoms with Crippen LogP contribution in [-0.2, 0) is 0 Å². The summed E-state index contributed by atoms with van der Waals surface area (Å²) in [7, 11) is 0. The van der Waals surface area contributed by atoms with E-state index in [-0.39, 0.29) is 0 Å². The normalized spacial score (nSPS) is 12.2. The van der Waals surface area contributed by atoms with Gasteiger partial charge in [-0.05, 0) is 104 Å². The van der Waals surface area contributed by atoms with Crippen LogP contribution in [0.5, 0.6) is 17.2 Å². The van der Waals surface area contributed by atoms with E-state index in [1.54, 1.807) is 0 Å². The number of benzene rings is 1. The van der Waals surface area contributed by atoms with Gasteiger partial charge >= 0.3 is 0 Å². The van der Waals surface area contributed by atoms with Crippen molar-refractivity contribution >= 4 is 45.9 Å². The maximum Gasteiger partial charge on any atom is 0.203 e. The van der Waals surface area contributed by atoms with Gasteiger partial charge < -0.3 is 24.2 Å². The molecule has 6 rings (SSSR count). The second kappa shape index (κ2) is 37.1. The molecule has 75 heavy (non-hydrogen) atoms. The number of nitrogens with zero attached hydrogens (tertiary/aromatic N) is 2. The zero-order valence-electron chi connectivity index (χ0n) is 47.7. The Kier molecular flexibility index (Phi) is 29.4. The maximum atomic E-state index is 6.87. The molecule has 1 aromatic carbocycles. The first-order chi connectivity index (χ1) is 37.1. The molecule has 2 aliphatic rings. The molecule has 0 fully saturated rings. The lowest BCUT2D eigenvalue weighted by molar-refractivity contribution is 0.234. The van der Waals surface area contributed by atoms with Gasteiger partial charge in [0, 0.05) is 27.6 Å². The van der Waals surface area contributed by atoms with Crippen LogP contribution in [0, 0.1) is 0 Å². The van der Waals surface area contributed by atoms with Crippen LogP contribution in [0.1, 0.15) is 280 Å². The highest BCUT2D eigenvalue weighted by atomic mass is 16.5. The van der Waals surface area contributed by atoms with E-state index in [1.807, 2.05) is 0 Å². The molecule has 0 radical (unpaired) electrons. The van der Waals surface area contributed by atoms with Gasteiger partial charge in [0.2, 0.25) is 5.75 Å². The number of nitrogens with one attached hydrogen (secondary N) is 2. The molecule has 412 valence electrons. The Labute approximate surface area is 456 Å². The van der Waals surface area contributed by atoms with E-state index in [1.165, 1.54) is 212 Å². The summed E-state index contributed by atoms with van der Waals surface area (Å²) in [6.07, 6.45) is 53.7. The van der Waals surface area contributed by atoms with E-state index in [0.29, 0.717) is 19.8 Å². The second-order valence-corrected chi connectivity index (χ2v) is 22.1. The van der Waals surface area contributed by atoms with Crippen LogP contribution >= 0.6 is 0 Å². The Hall–Kier alpha value is -4.78. The largest absolute Gasteiger partial charge is 0.490 e. The third kappa shape index (κ3) is 23.6. The summed E-state index contributed by atoms with van der Waals surface area (Å²) >= 11 is 0. The van der Waals surface area contributed by atoms with E-state index < -0.39 is 0 Å². The van der Waals surface area contributed by atoms with Crippen LogP contribution < -0.4 is 14.2 Å². The van der Waals surface area contributed by atoms with E-state index in [9.17, 15) is 0 Å². The average molecular weight is 1020 g/mol. The van der Waals surface area contributed by atoms with Crippen molar-refractivity contribution < 1.29 is 14.2 Å². The minimum Gasteiger partial charge on any atom is -0.490 e. The summed E-state index contributed by atoms with van der Waals surface area (Å²) in [5, 5.41) is 0. The van der Waals surface area contributed by atoms with Crippen molar-refractivity contribution in [3.05, 3.63) is 89.0 Å². The van der Waals surface area contributed by atoms with Gasteiger partial charge in [-0.3, -0.25) is 0 Å². The lowest BCUT2D eigenvalue weighted by atomic mass is 10.0. The van der Waals surface area contributed by atoms with Crippen molar-refractivity contribution in [2.24, 2.45) is 0 Å². The third-order valence-electron chi connectivity index (χ3n) is 15.3. The Balaban J connectivity index is 1.19. The number of rotatable bonds is 43. The third-order valence-corrected chi connectivity index (χ3v) is 15.3. The summed E-state index contributed by atoms with van der Waals surface area (Å²) in [4.78, 5) is 17.4. The number of unbranched alkanes of at least 4 members (excludes halogenated alkanes) is 33. The quantitative estimate of drug-likeness (QED) is 0.0373. The summed E-state index contributed by atoms with van der Waals surface area (Å²) < 4.78 is 20.6. The molecule has 2 N–H and O–H groups in total. The number of hydrogen-bond acceptors (Lipinski definition) is 5. The summed E-state index contributed by atoms with van der Waals surface area (Å²) in [6.45, 7) is 8.85. The molecule has 7 nitrogen and oxygen atoms in total. The van der Waals surface area contributed by atoms with Crippen LogP contribution in [0.2, 0.25) is 0 Å². The molecule has 5 heterocycles. The SMILES string of the molecule is CCCCCCCCCCCCCCOc1cc(C2=Cc3cc4ccc(cc5ccc(cc6nc(cc2n3)C=C6)[nH]5)[nH]4)cc(OCCCCCCCCCCCCCC)c1OCCCCCCCCCCCCCC. The summed E-state index contributed by atoms with van der Waals surface area (Å²) in [5.74, 6) is 2.30. The van der Waals surface area contributed by atoms with Gasteiger partial charge in [0.25, 0.3) is 0 Å². The molecule has 8 bridgehead atoms. The van der Waals surface area contributed by atoms with Gasteiger partial charge in [-0.2, -0.15) is 0 Å². The molecule has 7 heteroatoms. The minimum atomic E-state index is 0.649. The first-order valence-corrected chi connectivity index (χ1v) is 31.3. The molecular formula is C68H102N4O3. The fraction of sp³-hybridized carbons (Fsp3) is 0.618. The van der Waals surface area contributed by atoms with E-state index in [2.05, 4.69) is 110 Å². The van der Waals surface area contributed by atoms with E-state index in [0.717, 1.165) is 92.5 Å². The summed E-state index contributed by atoms with van der Waals surface area (Å²) in [6, 6.07) is 21.3. The van der Waals surface area contributed by atoms with Crippen molar-refractivity contribution in [2.75, 3.05) is 19.8 Å². The molecule has 0 spiro atoms. The van der Waals surface area contributed by atoms with Crippen LogP contribution in [0.25, 0.3) is 45.9 Å². The molecule has 0 saturated heterocycles. The maximum absolute atomic E-state index is 6.87. The fourth-order valence-corrected chi connectivity index (χ4v) is 10.7. The Bertz CT molecular complexity index is 2340. The number of H-pyrrole nitrogens is 2. The highest BCUT2D eigenvalue weighted by Crippen LogP contribution is 2.43. The Morgan fingerprint density at radius 2 is 0.667 bits per heavy atom. The smallest absolute Gasteiger partial charge is 0.203 e. The van der Waals surface area contributed by atoms with E-state index >= 15 is 0 Å². The number of aromatic nitrogens is 4. The molecule has 4 aromatic rings. The molecule has 0 unspecified atom stereocenters. The molecule has 0 amide bonds. The molecule has 3 aromatic heterocycles. The predicted octanol–water partition coefficient (Wildman–Crippen LogP) is 21.3. The highest BCUT2D eigenvalue weighted by Gasteiger charge is 2.21. The standard InChI is InChI=1S/C68H102N4O3/c1-4-7-10-13-16-19-22-25-28-31-34-37-46-73-66-49-56(64-54-63-53-61-43-42-59(70-61)51-57-40-41-58(69-57)52-60-44-45-62(71-60)55-65(64)72-63)50-67(74-47-38-35-32-29-26-23-20-17-14-11-8-5-2)68(66)75-48-39-36-33-30-27-24-21-18-15-12-9-6-3/h40-45,49-55,69-70H,4-39,46-48H2,1-3H3. The van der Waals surface area contributed by atoms with Crippen LogP contribution in [0.15, 0.2) is 60.7 Å². The Morgan fingerprint density at radius 3 is 1.07 bits per heavy atom. The molecule has 0 atom stereocenters. The average Bonchev–Trinajstić information content (AvgIpc) is 4.25. The van der Waals surface area contributed by atoms with Crippen molar-refractivity contribution in [2.45, 2.75) is 252 Å². The molecule has 0 aliphatic carbocycles. The number of ether oxygens (including phenoxy) is 3. The van der Waals surface area contributed by atoms with Crippen molar-refractivity contribution in [1.29, 1.82) is 0 Å². The van der Waals surface area contributed by atoms with Gasteiger partial charge in [0.15, 0.2) is 11.5 Å². The van der Waals surface area contributed by atoms with Crippen molar-refractivity contribution in [3.8, 4) is 17.2 Å². The van der Waals surface area contributed by atoms with E-state index in [4.69, 9.17) is 24.2 Å². The zero-order valence-corrected chi connectivity index (χ0v) is 47.7. The predicted molar refractivity (Wildman–Crippen MR) is 323 cm³/mol. The van der Waals surface area contributed by atoms with Gasteiger partial charge in [-0.1, -0.05) is 233 Å². The van der Waals surface area contributed by atoms with Crippen LogP contribution in [0.4, 0.5) is 0 Å². The lowest BCUT2D eigenvalue weighted by Crippen LogP contribution is -2.07. The van der Waals surface area contributed by atoms with Crippen molar-refractivity contribution in [3.63, 3.8) is 0 Å².